The van der Waals surface area contributed by atoms with E-state index in [0.29, 0.717) is 12.8 Å². The molecule has 0 heterocycles. The first kappa shape index (κ1) is 12.2. The van der Waals surface area contributed by atoms with Crippen LogP contribution >= 0.6 is 15.9 Å². The van der Waals surface area contributed by atoms with Gasteiger partial charge in [0.05, 0.1) is 6.10 Å². The molecule has 0 aromatic rings. The summed E-state index contributed by atoms with van der Waals surface area (Å²) in [6.45, 7) is -1.36. The Morgan fingerprint density at radius 3 is 2.43 bits per heavy atom. The number of hydrogen-bond acceptors (Lipinski definition) is 1. The van der Waals surface area contributed by atoms with Crippen LogP contribution in [0.25, 0.3) is 0 Å². The van der Waals surface area contributed by atoms with Crippen molar-refractivity contribution in [1.29, 1.82) is 0 Å². The Hall–Kier alpha value is 0.160. The van der Waals surface area contributed by atoms with E-state index in [1.807, 2.05) is 0 Å². The number of rotatable bonds is 2. The zero-order valence-corrected chi connectivity index (χ0v) is 8.94. The smallest absolute Gasteiger partial charge is 0.366 e. The quantitative estimate of drug-likeness (QED) is 0.557. The van der Waals surface area contributed by atoms with Gasteiger partial charge >= 0.3 is 6.18 Å². The topological polar surface area (TPSA) is 9.23 Å². The van der Waals surface area contributed by atoms with Crippen molar-refractivity contribution < 1.29 is 22.3 Å². The molecule has 1 aliphatic rings. The van der Waals surface area contributed by atoms with E-state index < -0.39 is 25.1 Å². The third-order valence-electron chi connectivity index (χ3n) is 2.11. The fourth-order valence-electron chi connectivity index (χ4n) is 1.43. The van der Waals surface area contributed by atoms with E-state index in [4.69, 9.17) is 0 Å². The Bertz CT molecular complexity index is 185. The van der Waals surface area contributed by atoms with Crippen molar-refractivity contribution in [1.82, 2.24) is 0 Å². The molecular formula is C8H11BrF4O. The molecule has 0 spiro atoms. The maximum atomic E-state index is 13.2. The second-order valence-corrected chi connectivity index (χ2v) is 4.69. The molecule has 3 atom stereocenters. The summed E-state index contributed by atoms with van der Waals surface area (Å²) in [5, 5.41) is 0. The lowest BCUT2D eigenvalue weighted by molar-refractivity contribution is -0.193. The maximum absolute atomic E-state index is 13.2. The molecule has 0 amide bonds. The minimum atomic E-state index is -4.37. The highest BCUT2D eigenvalue weighted by atomic mass is 79.9. The zero-order chi connectivity index (χ0) is 10.8. The Morgan fingerprint density at radius 1 is 1.29 bits per heavy atom. The van der Waals surface area contributed by atoms with Crippen molar-refractivity contribution in [3.05, 3.63) is 0 Å². The predicted molar refractivity (Wildman–Crippen MR) is 47.3 cm³/mol. The Labute approximate surface area is 87.9 Å². The van der Waals surface area contributed by atoms with Gasteiger partial charge < -0.3 is 4.74 Å². The largest absolute Gasteiger partial charge is 0.411 e. The molecule has 1 nitrogen and oxygen atoms in total. The highest BCUT2D eigenvalue weighted by molar-refractivity contribution is 9.09. The van der Waals surface area contributed by atoms with Gasteiger partial charge in [0, 0.05) is 4.83 Å². The van der Waals surface area contributed by atoms with Crippen LogP contribution in [-0.2, 0) is 4.74 Å². The molecule has 1 rings (SSSR count). The summed E-state index contributed by atoms with van der Waals surface area (Å²) in [5.74, 6) is 0. The van der Waals surface area contributed by atoms with Gasteiger partial charge in [0.1, 0.15) is 12.8 Å². The van der Waals surface area contributed by atoms with Crippen molar-refractivity contribution in [2.24, 2.45) is 0 Å². The molecule has 1 fully saturated rings. The summed E-state index contributed by atoms with van der Waals surface area (Å²) >= 11 is 3.23. The van der Waals surface area contributed by atoms with E-state index in [0.717, 1.165) is 0 Å². The van der Waals surface area contributed by atoms with E-state index in [1.54, 1.807) is 0 Å². The van der Waals surface area contributed by atoms with Gasteiger partial charge in [0.2, 0.25) is 0 Å². The maximum Gasteiger partial charge on any atom is 0.411 e. The Kier molecular flexibility index (Phi) is 4.18. The summed E-state index contributed by atoms with van der Waals surface area (Å²) in [7, 11) is 0. The van der Waals surface area contributed by atoms with Crippen LogP contribution in [0.3, 0.4) is 0 Å². The predicted octanol–water partition coefficient (Wildman–Crippen LogP) is 3.22. The van der Waals surface area contributed by atoms with E-state index in [1.165, 1.54) is 0 Å². The standard InChI is InChI=1S/C8H11BrF4O/c9-5-1-2-7(6(10)3-5)14-4-8(11,12)13/h5-7H,1-4H2. The molecule has 14 heavy (non-hydrogen) atoms. The normalized spacial score (nSPS) is 34.5. The van der Waals surface area contributed by atoms with Gasteiger partial charge in [-0.05, 0) is 19.3 Å². The summed E-state index contributed by atoms with van der Waals surface area (Å²) in [5.41, 5.74) is 0. The highest BCUT2D eigenvalue weighted by Gasteiger charge is 2.34. The molecule has 0 radical (unpaired) electrons. The Balaban J connectivity index is 2.31. The molecule has 6 heteroatoms. The molecule has 0 bridgehead atoms. The lowest BCUT2D eigenvalue weighted by atomic mass is 9.96. The van der Waals surface area contributed by atoms with E-state index >= 15 is 0 Å². The van der Waals surface area contributed by atoms with Crippen molar-refractivity contribution in [2.45, 2.75) is 42.5 Å². The lowest BCUT2D eigenvalue weighted by Gasteiger charge is -2.29. The zero-order valence-electron chi connectivity index (χ0n) is 7.36. The summed E-state index contributed by atoms with van der Waals surface area (Å²) in [6.07, 6.45) is -5.34. The minimum absolute atomic E-state index is 0.0586. The summed E-state index contributed by atoms with van der Waals surface area (Å²) in [6, 6.07) is 0. The molecule has 84 valence electrons. The van der Waals surface area contributed by atoms with Crippen LogP contribution in [0, 0.1) is 0 Å². The number of hydrogen-bond donors (Lipinski definition) is 0. The van der Waals surface area contributed by atoms with Crippen LogP contribution < -0.4 is 0 Å². The molecule has 0 aromatic heterocycles. The van der Waals surface area contributed by atoms with Crippen molar-refractivity contribution in [2.75, 3.05) is 6.61 Å². The van der Waals surface area contributed by atoms with E-state index in [9.17, 15) is 17.6 Å². The van der Waals surface area contributed by atoms with Gasteiger partial charge in [-0.15, -0.1) is 0 Å². The minimum Gasteiger partial charge on any atom is -0.366 e. The van der Waals surface area contributed by atoms with Crippen LogP contribution in [0.4, 0.5) is 17.6 Å². The monoisotopic (exact) mass is 278 g/mol. The van der Waals surface area contributed by atoms with Crippen LogP contribution in [0.1, 0.15) is 19.3 Å². The molecule has 0 aromatic carbocycles. The molecule has 0 N–H and O–H groups in total. The summed E-state index contributed by atoms with van der Waals surface area (Å²) in [4.78, 5) is 0.0586. The first-order chi connectivity index (χ1) is 6.38. The van der Waals surface area contributed by atoms with E-state index in [-0.39, 0.29) is 11.2 Å². The molecule has 0 saturated heterocycles. The number of halogens is 5. The second-order valence-electron chi connectivity index (χ2n) is 3.39. The van der Waals surface area contributed by atoms with Crippen LogP contribution in [-0.4, -0.2) is 29.9 Å². The van der Waals surface area contributed by atoms with Crippen LogP contribution in [0.5, 0.6) is 0 Å². The first-order valence-electron chi connectivity index (χ1n) is 4.35. The van der Waals surface area contributed by atoms with Crippen LogP contribution in [0.2, 0.25) is 0 Å². The fraction of sp³-hybridized carbons (Fsp3) is 1.00. The number of alkyl halides is 5. The summed E-state index contributed by atoms with van der Waals surface area (Å²) < 4.78 is 52.9. The van der Waals surface area contributed by atoms with Gasteiger partial charge in [-0.25, -0.2) is 4.39 Å². The molecule has 3 unspecified atom stereocenters. The average molecular weight is 279 g/mol. The van der Waals surface area contributed by atoms with Gasteiger partial charge in [-0.3, -0.25) is 0 Å². The van der Waals surface area contributed by atoms with Crippen molar-refractivity contribution >= 4 is 15.9 Å². The first-order valence-corrected chi connectivity index (χ1v) is 5.26. The SMILES string of the molecule is FC1CC(Br)CCC1OCC(F)(F)F. The van der Waals surface area contributed by atoms with Crippen molar-refractivity contribution in [3.8, 4) is 0 Å². The number of ether oxygens (including phenoxy) is 1. The molecular weight excluding hydrogens is 268 g/mol. The van der Waals surface area contributed by atoms with Gasteiger partial charge in [0.15, 0.2) is 0 Å². The van der Waals surface area contributed by atoms with Gasteiger partial charge in [0.25, 0.3) is 0 Å². The van der Waals surface area contributed by atoms with Gasteiger partial charge in [-0.1, -0.05) is 15.9 Å². The second kappa shape index (κ2) is 4.79. The molecule has 1 aliphatic carbocycles. The Morgan fingerprint density at radius 2 is 1.93 bits per heavy atom. The third kappa shape index (κ3) is 4.13. The third-order valence-corrected chi connectivity index (χ3v) is 2.94. The fourth-order valence-corrected chi connectivity index (χ4v) is 2.05. The molecule has 0 aliphatic heterocycles. The highest BCUT2D eigenvalue weighted by Crippen LogP contribution is 2.29. The average Bonchev–Trinajstić information content (AvgIpc) is 2.00. The lowest BCUT2D eigenvalue weighted by Crippen LogP contribution is -2.35. The van der Waals surface area contributed by atoms with Crippen LogP contribution in [0.15, 0.2) is 0 Å². The molecule has 1 saturated carbocycles. The van der Waals surface area contributed by atoms with E-state index in [2.05, 4.69) is 20.7 Å². The van der Waals surface area contributed by atoms with Gasteiger partial charge in [-0.2, -0.15) is 13.2 Å². The van der Waals surface area contributed by atoms with Crippen molar-refractivity contribution in [3.63, 3.8) is 0 Å².